The SMILES string of the molecule is CC(C)(C)C(=O)C(Br)C(C[N+](=O)[O-])c1ccc(Cl)cc1Cl. The number of ketones is 1. The van der Waals surface area contributed by atoms with Crippen molar-refractivity contribution in [1.82, 2.24) is 0 Å². The highest BCUT2D eigenvalue weighted by Gasteiger charge is 2.37. The minimum absolute atomic E-state index is 0.111. The van der Waals surface area contributed by atoms with E-state index in [0.29, 0.717) is 15.6 Å². The first kappa shape index (κ1) is 18.4. The molecule has 0 heterocycles. The number of carbonyl (C=O) groups is 1. The van der Waals surface area contributed by atoms with Gasteiger partial charge in [0.2, 0.25) is 6.54 Å². The van der Waals surface area contributed by atoms with Crippen molar-refractivity contribution in [2.24, 2.45) is 5.41 Å². The number of hydrogen-bond donors (Lipinski definition) is 0. The molecule has 0 bridgehead atoms. The molecule has 0 saturated carbocycles. The summed E-state index contributed by atoms with van der Waals surface area (Å²) in [5, 5.41) is 11.7. The number of carbonyl (C=O) groups excluding carboxylic acids is 1. The van der Waals surface area contributed by atoms with Crippen molar-refractivity contribution >= 4 is 44.9 Å². The normalized spacial score (nSPS) is 14.6. The molecule has 0 aliphatic carbocycles. The van der Waals surface area contributed by atoms with Gasteiger partial charge in [-0.25, -0.2) is 0 Å². The van der Waals surface area contributed by atoms with E-state index in [4.69, 9.17) is 23.2 Å². The Morgan fingerprint density at radius 3 is 2.38 bits per heavy atom. The molecule has 1 aromatic rings. The molecule has 116 valence electrons. The number of nitrogens with zero attached hydrogens (tertiary/aromatic N) is 1. The van der Waals surface area contributed by atoms with Crippen LogP contribution in [0, 0.1) is 15.5 Å². The second-order valence-corrected chi connectivity index (χ2v) is 7.63. The van der Waals surface area contributed by atoms with Crippen molar-refractivity contribution in [3.63, 3.8) is 0 Å². The molecule has 0 spiro atoms. The van der Waals surface area contributed by atoms with Gasteiger partial charge in [0.1, 0.15) is 0 Å². The molecule has 0 saturated heterocycles. The summed E-state index contributed by atoms with van der Waals surface area (Å²) in [6.45, 7) is 4.93. The van der Waals surface area contributed by atoms with E-state index < -0.39 is 21.1 Å². The molecule has 0 radical (unpaired) electrons. The van der Waals surface area contributed by atoms with Crippen LogP contribution in [0.3, 0.4) is 0 Å². The molecule has 0 amide bonds. The number of halogens is 3. The zero-order valence-corrected chi connectivity index (χ0v) is 15.0. The fourth-order valence-electron chi connectivity index (χ4n) is 1.91. The Kier molecular flexibility index (Phi) is 6.20. The van der Waals surface area contributed by atoms with Crippen LogP contribution in [0.5, 0.6) is 0 Å². The Bertz CT molecular complexity index is 558. The van der Waals surface area contributed by atoms with Gasteiger partial charge in [0.05, 0.1) is 10.7 Å². The van der Waals surface area contributed by atoms with Gasteiger partial charge in [-0.15, -0.1) is 0 Å². The van der Waals surface area contributed by atoms with Gasteiger partial charge >= 0.3 is 0 Å². The standard InChI is InChI=1S/C14H16BrCl2NO3/c1-14(2,3)13(19)12(15)10(7-18(20)21)9-5-4-8(16)6-11(9)17/h4-6,10,12H,7H2,1-3H3. The highest BCUT2D eigenvalue weighted by atomic mass is 79.9. The molecule has 2 unspecified atom stereocenters. The molecule has 7 heteroatoms. The minimum atomic E-state index is -0.693. The second kappa shape index (κ2) is 7.07. The van der Waals surface area contributed by atoms with Crippen LogP contribution in [-0.4, -0.2) is 22.1 Å². The summed E-state index contributed by atoms with van der Waals surface area (Å²) in [5.74, 6) is -0.767. The third-order valence-corrected chi connectivity index (χ3v) is 4.67. The molecule has 0 N–H and O–H groups in total. The zero-order valence-electron chi connectivity index (χ0n) is 11.9. The van der Waals surface area contributed by atoms with Crippen molar-refractivity contribution in [3.8, 4) is 0 Å². The maximum absolute atomic E-state index is 12.4. The third kappa shape index (κ3) is 4.94. The van der Waals surface area contributed by atoms with Gasteiger partial charge in [0.15, 0.2) is 5.78 Å². The predicted molar refractivity (Wildman–Crippen MR) is 88.2 cm³/mol. The lowest BCUT2D eigenvalue weighted by Gasteiger charge is -2.26. The lowest BCUT2D eigenvalue weighted by molar-refractivity contribution is -0.483. The molecule has 0 aliphatic heterocycles. The van der Waals surface area contributed by atoms with Crippen molar-refractivity contribution < 1.29 is 9.72 Å². The topological polar surface area (TPSA) is 60.2 Å². The van der Waals surface area contributed by atoms with Crippen LogP contribution < -0.4 is 0 Å². The first-order valence-electron chi connectivity index (χ1n) is 6.29. The first-order valence-corrected chi connectivity index (χ1v) is 7.96. The Labute approximate surface area is 142 Å². The number of rotatable bonds is 5. The number of hydrogen-bond acceptors (Lipinski definition) is 3. The summed E-state index contributed by atoms with van der Waals surface area (Å²) < 4.78 is 0. The Morgan fingerprint density at radius 1 is 1.38 bits per heavy atom. The van der Waals surface area contributed by atoms with E-state index in [1.807, 2.05) is 0 Å². The fraction of sp³-hybridized carbons (Fsp3) is 0.500. The number of benzene rings is 1. The zero-order chi connectivity index (χ0) is 16.4. The summed E-state index contributed by atoms with van der Waals surface area (Å²) in [7, 11) is 0. The minimum Gasteiger partial charge on any atom is -0.298 e. The Hall–Kier alpha value is -0.650. The van der Waals surface area contributed by atoms with Crippen LogP contribution in [-0.2, 0) is 4.79 Å². The molecule has 4 nitrogen and oxygen atoms in total. The van der Waals surface area contributed by atoms with Gasteiger partial charge in [-0.1, -0.05) is 66.0 Å². The molecule has 0 aromatic heterocycles. The van der Waals surface area contributed by atoms with Gasteiger partial charge in [0, 0.05) is 20.4 Å². The quantitative estimate of drug-likeness (QED) is 0.410. The van der Waals surface area contributed by atoms with Crippen LogP contribution in [0.15, 0.2) is 18.2 Å². The maximum Gasteiger partial charge on any atom is 0.212 e. The van der Waals surface area contributed by atoms with E-state index >= 15 is 0 Å². The highest BCUT2D eigenvalue weighted by Crippen LogP contribution is 2.36. The van der Waals surface area contributed by atoms with E-state index in [0.717, 1.165) is 0 Å². The Balaban J connectivity index is 3.23. The summed E-state index contributed by atoms with van der Waals surface area (Å²) in [4.78, 5) is 22.2. The van der Waals surface area contributed by atoms with E-state index in [1.165, 1.54) is 6.07 Å². The average Bonchev–Trinajstić information content (AvgIpc) is 2.33. The largest absolute Gasteiger partial charge is 0.298 e. The van der Waals surface area contributed by atoms with E-state index in [9.17, 15) is 14.9 Å². The Morgan fingerprint density at radius 2 is 1.95 bits per heavy atom. The fourth-order valence-corrected chi connectivity index (χ4v) is 3.60. The number of nitro groups is 1. The van der Waals surface area contributed by atoms with Gasteiger partial charge in [0.25, 0.3) is 0 Å². The summed E-state index contributed by atoms with van der Waals surface area (Å²) >= 11 is 15.3. The summed E-state index contributed by atoms with van der Waals surface area (Å²) in [6.07, 6.45) is 0. The molecule has 1 aromatic carbocycles. The van der Waals surface area contributed by atoms with Crippen LogP contribution >= 0.6 is 39.1 Å². The lowest BCUT2D eigenvalue weighted by Crippen LogP contribution is -2.35. The van der Waals surface area contributed by atoms with Crippen LogP contribution in [0.4, 0.5) is 0 Å². The third-order valence-electron chi connectivity index (χ3n) is 3.05. The van der Waals surface area contributed by atoms with E-state index in [-0.39, 0.29) is 12.3 Å². The summed E-state index contributed by atoms with van der Waals surface area (Å²) in [5.41, 5.74) is -0.0701. The van der Waals surface area contributed by atoms with Crippen LogP contribution in [0.1, 0.15) is 32.3 Å². The maximum atomic E-state index is 12.4. The van der Waals surface area contributed by atoms with Gasteiger partial charge in [-0.3, -0.25) is 14.9 Å². The molecule has 2 atom stereocenters. The van der Waals surface area contributed by atoms with Crippen LogP contribution in [0.2, 0.25) is 10.0 Å². The predicted octanol–water partition coefficient (Wildman–Crippen LogP) is 4.73. The van der Waals surface area contributed by atoms with Gasteiger partial charge < -0.3 is 0 Å². The molecular weight excluding hydrogens is 381 g/mol. The monoisotopic (exact) mass is 395 g/mol. The lowest BCUT2D eigenvalue weighted by atomic mass is 9.83. The number of Topliss-reactive ketones (excluding diaryl/α,β-unsaturated/α-hetero) is 1. The molecule has 0 fully saturated rings. The van der Waals surface area contributed by atoms with Crippen molar-refractivity contribution in [2.75, 3.05) is 6.54 Å². The smallest absolute Gasteiger partial charge is 0.212 e. The molecular formula is C14H16BrCl2NO3. The molecule has 21 heavy (non-hydrogen) atoms. The summed E-state index contributed by atoms with van der Waals surface area (Å²) in [6, 6.07) is 4.76. The van der Waals surface area contributed by atoms with Crippen molar-refractivity contribution in [3.05, 3.63) is 43.9 Å². The second-order valence-electron chi connectivity index (χ2n) is 5.80. The van der Waals surface area contributed by atoms with Gasteiger partial charge in [-0.05, 0) is 17.7 Å². The molecule has 1 rings (SSSR count). The number of alkyl halides is 1. The highest BCUT2D eigenvalue weighted by molar-refractivity contribution is 9.10. The van der Waals surface area contributed by atoms with Crippen molar-refractivity contribution in [2.45, 2.75) is 31.5 Å². The van der Waals surface area contributed by atoms with E-state index in [2.05, 4.69) is 15.9 Å². The molecule has 0 aliphatic rings. The van der Waals surface area contributed by atoms with Crippen molar-refractivity contribution in [1.29, 1.82) is 0 Å². The van der Waals surface area contributed by atoms with Gasteiger partial charge in [-0.2, -0.15) is 0 Å². The average molecular weight is 397 g/mol. The van der Waals surface area contributed by atoms with Crippen LogP contribution in [0.25, 0.3) is 0 Å². The van der Waals surface area contributed by atoms with E-state index in [1.54, 1.807) is 32.9 Å². The first-order chi connectivity index (χ1) is 9.54.